The van der Waals surface area contributed by atoms with Crippen molar-refractivity contribution < 1.29 is 18.0 Å². The molecule has 0 aromatic heterocycles. The van der Waals surface area contributed by atoms with Crippen LogP contribution in [0.25, 0.3) is 0 Å². The molecule has 0 spiro atoms. The van der Waals surface area contributed by atoms with E-state index in [4.69, 9.17) is 0 Å². The lowest BCUT2D eigenvalue weighted by molar-refractivity contribution is -0.139. The van der Waals surface area contributed by atoms with E-state index in [1.54, 1.807) is 17.9 Å². The fourth-order valence-corrected chi connectivity index (χ4v) is 4.71. The van der Waals surface area contributed by atoms with Gasteiger partial charge in [-0.3, -0.25) is 13.9 Å². The third kappa shape index (κ3) is 8.48. The molecule has 7 nitrogen and oxygen atoms in total. The molecule has 1 N–H and O–H groups in total. The molecule has 0 unspecified atom stereocenters. The largest absolute Gasteiger partial charge is 0.354 e. The number of sulfonamides is 1. The quantitative estimate of drug-likeness (QED) is 0.468. The summed E-state index contributed by atoms with van der Waals surface area (Å²) in [5.74, 6) is -0.339. The molecule has 34 heavy (non-hydrogen) atoms. The number of hydrogen-bond donors (Lipinski definition) is 1. The fraction of sp³-hybridized carbons (Fsp3) is 0.462. The predicted molar refractivity (Wildman–Crippen MR) is 137 cm³/mol. The van der Waals surface area contributed by atoms with Crippen molar-refractivity contribution in [1.82, 2.24) is 10.2 Å². The summed E-state index contributed by atoms with van der Waals surface area (Å²) < 4.78 is 26.1. The average Bonchev–Trinajstić information content (AvgIpc) is 2.80. The van der Waals surface area contributed by atoms with Gasteiger partial charge in [-0.1, -0.05) is 49.4 Å². The van der Waals surface area contributed by atoms with Gasteiger partial charge in [0.15, 0.2) is 0 Å². The first kappa shape index (κ1) is 27.4. The molecule has 0 saturated heterocycles. The Labute approximate surface area is 204 Å². The Kier molecular flexibility index (Phi) is 10.6. The van der Waals surface area contributed by atoms with Crippen molar-refractivity contribution in [2.24, 2.45) is 0 Å². The molecular formula is C26H37N3O4S. The van der Waals surface area contributed by atoms with Crippen molar-refractivity contribution in [2.45, 2.75) is 52.5 Å². The van der Waals surface area contributed by atoms with Crippen LogP contribution in [0, 0.1) is 6.92 Å². The molecule has 2 rings (SSSR count). The van der Waals surface area contributed by atoms with Gasteiger partial charge in [0.2, 0.25) is 21.8 Å². The van der Waals surface area contributed by atoms with Gasteiger partial charge < -0.3 is 10.2 Å². The van der Waals surface area contributed by atoms with Gasteiger partial charge >= 0.3 is 0 Å². The summed E-state index contributed by atoms with van der Waals surface area (Å²) in [6.45, 7) is 6.79. The zero-order valence-electron chi connectivity index (χ0n) is 20.7. The summed E-state index contributed by atoms with van der Waals surface area (Å²) in [6, 6.07) is 16.5. The number of rotatable bonds is 13. The number of nitrogens with zero attached hydrogens (tertiary/aromatic N) is 2. The minimum Gasteiger partial charge on any atom is -0.354 e. The van der Waals surface area contributed by atoms with Crippen molar-refractivity contribution in [2.75, 3.05) is 30.2 Å². The molecule has 0 bridgehead atoms. The Hall–Kier alpha value is -2.87. The second-order valence-electron chi connectivity index (χ2n) is 8.57. The first-order chi connectivity index (χ1) is 16.1. The highest BCUT2D eigenvalue weighted by molar-refractivity contribution is 7.92. The van der Waals surface area contributed by atoms with Crippen LogP contribution in [0.5, 0.6) is 0 Å². The van der Waals surface area contributed by atoms with Gasteiger partial charge in [0.1, 0.15) is 6.04 Å². The first-order valence-electron chi connectivity index (χ1n) is 11.8. The number of carbonyl (C=O) groups is 2. The van der Waals surface area contributed by atoms with Crippen LogP contribution in [-0.2, 0) is 26.0 Å². The highest BCUT2D eigenvalue weighted by Crippen LogP contribution is 2.20. The molecular weight excluding hydrogens is 450 g/mol. The topological polar surface area (TPSA) is 86.8 Å². The van der Waals surface area contributed by atoms with Gasteiger partial charge in [0, 0.05) is 26.1 Å². The summed E-state index contributed by atoms with van der Waals surface area (Å²) in [7, 11) is -3.49. The summed E-state index contributed by atoms with van der Waals surface area (Å²) in [6.07, 6.45) is 3.12. The number of amides is 2. The molecule has 0 saturated carbocycles. The molecule has 2 aromatic carbocycles. The number of anilines is 1. The van der Waals surface area contributed by atoms with E-state index in [0.29, 0.717) is 31.6 Å². The molecule has 8 heteroatoms. The van der Waals surface area contributed by atoms with E-state index in [9.17, 15) is 18.0 Å². The number of nitrogens with one attached hydrogen (secondary N) is 1. The van der Waals surface area contributed by atoms with Crippen molar-refractivity contribution in [1.29, 1.82) is 0 Å². The molecule has 0 aliphatic rings. The van der Waals surface area contributed by atoms with Gasteiger partial charge in [-0.25, -0.2) is 8.42 Å². The molecule has 2 aromatic rings. The Balaban J connectivity index is 2.09. The number of aryl methyl sites for hydroxylation is 1. The van der Waals surface area contributed by atoms with Gasteiger partial charge in [-0.05, 0) is 56.4 Å². The lowest BCUT2D eigenvalue weighted by Gasteiger charge is -2.29. The van der Waals surface area contributed by atoms with Gasteiger partial charge in [-0.2, -0.15) is 0 Å². The summed E-state index contributed by atoms with van der Waals surface area (Å²) >= 11 is 0. The minimum absolute atomic E-state index is 0.151. The summed E-state index contributed by atoms with van der Waals surface area (Å²) in [4.78, 5) is 27.4. The maximum absolute atomic E-state index is 13.2. The van der Waals surface area contributed by atoms with Crippen molar-refractivity contribution in [3.8, 4) is 0 Å². The molecule has 0 radical (unpaired) electrons. The predicted octanol–water partition coefficient (Wildman–Crippen LogP) is 3.53. The highest BCUT2D eigenvalue weighted by Gasteiger charge is 2.26. The normalized spacial score (nSPS) is 12.1. The first-order valence-corrected chi connectivity index (χ1v) is 13.6. The lowest BCUT2D eigenvalue weighted by Crippen LogP contribution is -2.49. The van der Waals surface area contributed by atoms with E-state index < -0.39 is 16.1 Å². The maximum Gasteiger partial charge on any atom is 0.242 e. The Morgan fingerprint density at radius 1 is 1.03 bits per heavy atom. The molecule has 0 aliphatic heterocycles. The van der Waals surface area contributed by atoms with Gasteiger partial charge in [-0.15, -0.1) is 0 Å². The highest BCUT2D eigenvalue weighted by atomic mass is 32.2. The van der Waals surface area contributed by atoms with Crippen molar-refractivity contribution in [3.05, 3.63) is 65.7 Å². The van der Waals surface area contributed by atoms with Crippen LogP contribution in [0.4, 0.5) is 5.69 Å². The molecule has 0 fully saturated rings. The van der Waals surface area contributed by atoms with Crippen LogP contribution >= 0.6 is 0 Å². The third-order valence-electron chi connectivity index (χ3n) is 5.64. The van der Waals surface area contributed by atoms with E-state index in [0.717, 1.165) is 17.5 Å². The molecule has 0 aliphatic carbocycles. The number of hydrogen-bond acceptors (Lipinski definition) is 4. The fourth-order valence-electron chi connectivity index (χ4n) is 3.75. The standard InChI is InChI=1S/C26H37N3O4S/c1-5-17-27-26(31)22(3)28(19-16-23-12-7-6-8-13-23)25(30)15-10-18-29(34(4,32)33)24-14-9-11-21(2)20-24/h6-9,11-14,20,22H,5,10,15-19H2,1-4H3,(H,27,31)/t22-/m0/s1. The van der Waals surface area contributed by atoms with Crippen LogP contribution in [0.2, 0.25) is 0 Å². The Morgan fingerprint density at radius 2 is 1.74 bits per heavy atom. The number of benzene rings is 2. The van der Waals surface area contributed by atoms with E-state index in [-0.39, 0.29) is 24.8 Å². The lowest BCUT2D eigenvalue weighted by atomic mass is 10.1. The van der Waals surface area contributed by atoms with Crippen molar-refractivity contribution in [3.63, 3.8) is 0 Å². The number of carbonyl (C=O) groups excluding carboxylic acids is 2. The zero-order chi connectivity index (χ0) is 25.1. The van der Waals surface area contributed by atoms with E-state index in [1.807, 2.05) is 62.4 Å². The monoisotopic (exact) mass is 487 g/mol. The molecule has 0 heterocycles. The maximum atomic E-state index is 13.2. The Bertz CT molecular complexity index is 1040. The second-order valence-corrected chi connectivity index (χ2v) is 10.5. The van der Waals surface area contributed by atoms with E-state index in [1.165, 1.54) is 10.6 Å². The third-order valence-corrected chi connectivity index (χ3v) is 6.84. The SMILES string of the molecule is CCCNC(=O)[C@H](C)N(CCc1ccccc1)C(=O)CCCN(c1cccc(C)c1)S(C)(=O)=O. The average molecular weight is 488 g/mol. The Morgan fingerprint density at radius 3 is 2.35 bits per heavy atom. The van der Waals surface area contributed by atoms with Crippen LogP contribution in [0.1, 0.15) is 44.2 Å². The summed E-state index contributed by atoms with van der Waals surface area (Å²) in [5.41, 5.74) is 2.63. The van der Waals surface area contributed by atoms with E-state index in [2.05, 4.69) is 5.32 Å². The minimum atomic E-state index is -3.49. The molecule has 2 amide bonds. The summed E-state index contributed by atoms with van der Waals surface area (Å²) in [5, 5.41) is 2.87. The van der Waals surface area contributed by atoms with Crippen LogP contribution in [0.15, 0.2) is 54.6 Å². The van der Waals surface area contributed by atoms with Gasteiger partial charge in [0.25, 0.3) is 0 Å². The zero-order valence-corrected chi connectivity index (χ0v) is 21.5. The molecule has 1 atom stereocenters. The van der Waals surface area contributed by atoms with E-state index >= 15 is 0 Å². The second kappa shape index (κ2) is 13.1. The van der Waals surface area contributed by atoms with Crippen molar-refractivity contribution >= 4 is 27.5 Å². The van der Waals surface area contributed by atoms with Crippen LogP contribution in [0.3, 0.4) is 0 Å². The van der Waals surface area contributed by atoms with Gasteiger partial charge in [0.05, 0.1) is 11.9 Å². The van der Waals surface area contributed by atoms with Crippen LogP contribution in [-0.4, -0.2) is 57.1 Å². The molecule has 186 valence electrons. The smallest absolute Gasteiger partial charge is 0.242 e. The van der Waals surface area contributed by atoms with Crippen LogP contribution < -0.4 is 9.62 Å².